The summed E-state index contributed by atoms with van der Waals surface area (Å²) in [5.74, 6) is -4.04. The van der Waals surface area contributed by atoms with Crippen molar-refractivity contribution >= 4 is 75.4 Å². The first-order valence-electron chi connectivity index (χ1n) is 28.3. The lowest BCUT2D eigenvalue weighted by atomic mass is 10.2. The van der Waals surface area contributed by atoms with Crippen molar-refractivity contribution < 1.29 is 104 Å². The second-order valence-corrected chi connectivity index (χ2v) is 28.3. The molecule has 0 unspecified atom stereocenters. The van der Waals surface area contributed by atoms with Gasteiger partial charge < -0.3 is 33.5 Å². The van der Waals surface area contributed by atoms with Crippen molar-refractivity contribution in [2.75, 3.05) is 6.61 Å². The Morgan fingerprint density at radius 2 is 0.798 bits per heavy atom. The molecule has 1 N–H and O–H groups in total. The summed E-state index contributed by atoms with van der Waals surface area (Å²) in [6.45, 7) is 52.5. The Bertz CT molecular complexity index is 2640. The molecule has 27 nitrogen and oxygen atoms in total. The molecule has 28 heteroatoms. The maximum atomic E-state index is 11.5. The number of esters is 2. The van der Waals surface area contributed by atoms with Crippen LogP contribution in [0.1, 0.15) is 208 Å². The first-order valence-corrected chi connectivity index (χ1v) is 29.9. The van der Waals surface area contributed by atoms with E-state index in [1.165, 1.54) is 0 Å². The van der Waals surface area contributed by atoms with Crippen LogP contribution in [0.2, 0.25) is 0 Å². The van der Waals surface area contributed by atoms with Gasteiger partial charge >= 0.3 is 36.0 Å². The molecule has 4 aliphatic rings. The predicted molar refractivity (Wildman–Crippen MR) is 325 cm³/mol. The van der Waals surface area contributed by atoms with Gasteiger partial charge in [-0.1, -0.05) is 39.5 Å². The maximum Gasteiger partial charge on any atom is 0.534 e. The molecule has 504 valence electrons. The highest BCUT2D eigenvalue weighted by molar-refractivity contribution is 7.95. The molecule has 4 heterocycles. The molecule has 0 bridgehead atoms. The molecule has 0 radical (unpaired) electrons. The Labute approximate surface area is 524 Å². The smallest absolute Gasteiger partial charge is 0.460 e. The van der Waals surface area contributed by atoms with Gasteiger partial charge in [-0.05, 0) is 157 Å². The average molecular weight is 1280 g/mol. The van der Waals surface area contributed by atoms with E-state index in [-0.39, 0.29) is 74.3 Å². The first kappa shape index (κ1) is 83.3. The molecule has 0 aromatic carbocycles. The third-order valence-corrected chi connectivity index (χ3v) is 12.3. The van der Waals surface area contributed by atoms with E-state index >= 15 is 0 Å². The number of allylic oxidation sites excluding steroid dienone is 4. The Balaban J connectivity index is 0. The van der Waals surface area contributed by atoms with Crippen molar-refractivity contribution in [2.24, 2.45) is 0 Å². The van der Waals surface area contributed by atoms with Crippen LogP contribution in [0.5, 0.6) is 0 Å². The van der Waals surface area contributed by atoms with Crippen molar-refractivity contribution in [1.82, 2.24) is 25.7 Å². The van der Waals surface area contributed by atoms with Crippen molar-refractivity contribution in [3.8, 4) is 0 Å². The van der Waals surface area contributed by atoms with Gasteiger partial charge in [-0.15, -0.1) is 20.3 Å². The molecule has 0 spiro atoms. The largest absolute Gasteiger partial charge is 0.534 e. The van der Waals surface area contributed by atoms with Gasteiger partial charge in [-0.2, -0.15) is 0 Å². The van der Waals surface area contributed by atoms with Gasteiger partial charge in [0.25, 0.3) is 23.6 Å². The summed E-state index contributed by atoms with van der Waals surface area (Å²) in [5.41, 5.74) is 1.68. The van der Waals surface area contributed by atoms with Crippen LogP contribution in [-0.4, -0.2) is 134 Å². The Hall–Kier alpha value is -7.72. The SMILES string of the molecule is C=C1CCC(=O)N1OC(=O)CCC(=O)NOC(C)(C)C.C=C1CCC(=O)N1OC(=O)CCCC(=O)OC(C)(C)C.C=C1CCC(=O)N1OC(=O)COC(C)(C)C.C=C1CCC(=O)N1OC(=O)OC(C)(C)C.C=CC(=O)OC(C)(C)C.C=CS(=O)(=O)C(C)(C)C. The zero-order valence-corrected chi connectivity index (χ0v) is 56.3. The zero-order chi connectivity index (χ0) is 69.9. The second-order valence-electron chi connectivity index (χ2n) is 25.6. The average Bonchev–Trinajstić information content (AvgIpc) is 2.50. The van der Waals surface area contributed by atoms with Crippen molar-refractivity contribution in [2.45, 2.75) is 241 Å². The fourth-order valence-electron chi connectivity index (χ4n) is 5.87. The molecule has 89 heavy (non-hydrogen) atoms. The van der Waals surface area contributed by atoms with Gasteiger partial charge in [0.1, 0.15) is 23.4 Å². The highest BCUT2D eigenvalue weighted by Gasteiger charge is 2.33. The summed E-state index contributed by atoms with van der Waals surface area (Å²) in [5, 5.41) is 4.68. The minimum absolute atomic E-state index is 0.0519. The van der Waals surface area contributed by atoms with Gasteiger partial charge in [0.05, 0.1) is 45.2 Å². The van der Waals surface area contributed by atoms with Crippen LogP contribution >= 0.6 is 0 Å². The highest BCUT2D eigenvalue weighted by Crippen LogP contribution is 2.25. The van der Waals surface area contributed by atoms with Crippen molar-refractivity contribution in [3.05, 3.63) is 73.7 Å². The number of hydrogen-bond donors (Lipinski definition) is 1. The van der Waals surface area contributed by atoms with Gasteiger partial charge in [-0.25, -0.2) is 37.9 Å². The van der Waals surface area contributed by atoms with E-state index in [9.17, 15) is 61.2 Å². The quantitative estimate of drug-likeness (QED) is 0.0650. The topological polar surface area (TPSA) is 330 Å². The summed E-state index contributed by atoms with van der Waals surface area (Å²) < 4.78 is 41.2. The lowest BCUT2D eigenvalue weighted by Gasteiger charge is -2.21. The van der Waals surface area contributed by atoms with E-state index in [2.05, 4.69) is 45.0 Å². The molecule has 4 aliphatic heterocycles. The summed E-state index contributed by atoms with van der Waals surface area (Å²) in [7, 11) is -3.07. The molecule has 4 fully saturated rings. The van der Waals surface area contributed by atoms with E-state index in [1.54, 1.807) is 83.1 Å². The van der Waals surface area contributed by atoms with E-state index in [4.69, 9.17) is 43.1 Å². The second kappa shape index (κ2) is 36.7. The zero-order valence-electron chi connectivity index (χ0n) is 55.5. The van der Waals surface area contributed by atoms with Crippen LogP contribution in [0.4, 0.5) is 4.79 Å². The van der Waals surface area contributed by atoms with Crippen molar-refractivity contribution in [3.63, 3.8) is 0 Å². The fourth-order valence-corrected chi connectivity index (χ4v) is 6.37. The third kappa shape index (κ3) is 39.0. The summed E-state index contributed by atoms with van der Waals surface area (Å²) in [6, 6.07) is 0. The number of nitrogens with one attached hydrogen (secondary N) is 1. The highest BCUT2D eigenvalue weighted by atomic mass is 32.2. The Kier molecular flexibility index (Phi) is 34.4. The third-order valence-electron chi connectivity index (χ3n) is 10.2. The van der Waals surface area contributed by atoms with E-state index < -0.39 is 72.6 Å². The molecule has 4 rings (SSSR count). The predicted octanol–water partition coefficient (Wildman–Crippen LogP) is 9.54. The normalized spacial score (nSPS) is 15.2. The number of carbonyl (C=O) groups excluding carboxylic acids is 11. The maximum absolute atomic E-state index is 11.5. The molecule has 0 aromatic heterocycles. The number of hydrogen-bond acceptors (Lipinski definition) is 22. The standard InChI is InChI=1S/C14H21NO5.C13H20N2O5.C11H17NO4.C10H15NO4.C7H12O2.C6H12O2S/c1-10-8-9-11(16)15(10)20-13(18)7-5-6-12(17)19-14(2,3)4;1-9-5-7-11(17)15(9)19-12(18)8-6-10(16)14-20-13(2,3)4;1-8-5-6-9(13)12(8)16-10(14)7-15-11(2,3)4;1-7-5-6-8(12)11(7)15-9(13)14-10(2,3)4;1-5-6(8)9-7(2,3)4;1-5-9(7,8)6(2,3)4/h1,5-9H2,2-4H3;1,5-8H2,2-4H3,(H,14,16);1,5-7H2,2-4H3;1,5-6H2,2-4H3;2*5H,1H2,2-4H3. The molecule has 4 saturated heterocycles. The van der Waals surface area contributed by atoms with Gasteiger partial charge in [0, 0.05) is 56.4 Å². The van der Waals surface area contributed by atoms with Gasteiger partial charge in [-0.3, -0.25) is 38.4 Å². The number of carbonyl (C=O) groups is 11. The summed E-state index contributed by atoms with van der Waals surface area (Å²) in [6.07, 6.45) is 3.84. The van der Waals surface area contributed by atoms with Gasteiger partial charge in [0.2, 0.25) is 5.91 Å². The monoisotopic (exact) mass is 1280 g/mol. The van der Waals surface area contributed by atoms with E-state index in [0.717, 1.165) is 31.7 Å². The number of amides is 5. The minimum atomic E-state index is -3.07. The molecule has 5 amide bonds. The molecule has 0 saturated carbocycles. The lowest BCUT2D eigenvalue weighted by molar-refractivity contribution is -0.193. The molecule has 0 atom stereocenters. The van der Waals surface area contributed by atoms with Gasteiger partial charge in [0.15, 0.2) is 9.84 Å². The van der Waals surface area contributed by atoms with Crippen LogP contribution < -0.4 is 5.48 Å². The van der Waals surface area contributed by atoms with E-state index in [1.807, 2.05) is 41.5 Å². The molecular weight excluding hydrogens is 1190 g/mol. The van der Waals surface area contributed by atoms with Crippen LogP contribution in [-0.2, 0) is 101 Å². The Morgan fingerprint density at radius 1 is 0.449 bits per heavy atom. The summed E-state index contributed by atoms with van der Waals surface area (Å²) >= 11 is 0. The van der Waals surface area contributed by atoms with E-state index in [0.29, 0.717) is 74.2 Å². The number of nitrogens with zero attached hydrogens (tertiary/aromatic N) is 4. The number of ether oxygens (including phenoxy) is 4. The number of sulfone groups is 1. The minimum Gasteiger partial charge on any atom is -0.460 e. The fraction of sp³-hybridized carbons (Fsp3) is 0.623. The number of hydroxylamine groups is 9. The van der Waals surface area contributed by atoms with Crippen LogP contribution in [0.15, 0.2) is 73.7 Å². The van der Waals surface area contributed by atoms with Crippen LogP contribution in [0, 0.1) is 0 Å². The Morgan fingerprint density at radius 3 is 1.08 bits per heavy atom. The van der Waals surface area contributed by atoms with Crippen molar-refractivity contribution in [1.29, 1.82) is 0 Å². The molecular formula is C61H97N5O22S. The number of rotatable bonds is 16. The molecule has 0 aromatic rings. The van der Waals surface area contributed by atoms with Crippen LogP contribution in [0.25, 0.3) is 0 Å². The first-order chi connectivity index (χ1) is 40.2. The lowest BCUT2D eigenvalue weighted by Crippen LogP contribution is -2.34. The summed E-state index contributed by atoms with van der Waals surface area (Å²) in [4.78, 5) is 149. The van der Waals surface area contributed by atoms with Crippen LogP contribution in [0.3, 0.4) is 0 Å². The molecule has 0 aliphatic carbocycles.